The highest BCUT2D eigenvalue weighted by molar-refractivity contribution is 5.94. The highest BCUT2D eigenvalue weighted by Gasteiger charge is 2.12. The maximum atomic E-state index is 12.1. The minimum atomic E-state index is -0.397. The number of para-hydroxylation sites is 2. The average molecular weight is 379 g/mol. The number of hydrazine groups is 1. The minimum Gasteiger partial charge on any atom is -0.352 e. The van der Waals surface area contributed by atoms with Crippen LogP contribution in [-0.4, -0.2) is 33.8 Å². The first kappa shape index (κ1) is 19.1. The van der Waals surface area contributed by atoms with E-state index in [4.69, 9.17) is 0 Å². The second-order valence-corrected chi connectivity index (χ2v) is 6.22. The summed E-state index contributed by atoms with van der Waals surface area (Å²) in [6.45, 7) is 0.167. The molecule has 144 valence electrons. The number of hydrogen-bond acceptors (Lipinski definition) is 4. The molecule has 0 radical (unpaired) electrons. The zero-order chi connectivity index (χ0) is 19.9. The maximum Gasteiger partial charge on any atom is 0.251 e. The van der Waals surface area contributed by atoms with E-state index in [1.165, 1.54) is 0 Å². The molecular formula is C20H21N5O3. The number of aryl methyl sites for hydroxylation is 1. The van der Waals surface area contributed by atoms with Crippen LogP contribution in [0.2, 0.25) is 0 Å². The van der Waals surface area contributed by atoms with Gasteiger partial charge in [0, 0.05) is 25.6 Å². The topological polar surface area (TPSA) is 105 Å². The molecular weight excluding hydrogens is 358 g/mol. The van der Waals surface area contributed by atoms with Gasteiger partial charge in [-0.05, 0) is 24.3 Å². The van der Waals surface area contributed by atoms with Crippen molar-refractivity contribution in [3.8, 4) is 0 Å². The van der Waals surface area contributed by atoms with E-state index in [1.54, 1.807) is 24.3 Å². The van der Waals surface area contributed by atoms with Crippen molar-refractivity contribution >= 4 is 28.8 Å². The summed E-state index contributed by atoms with van der Waals surface area (Å²) >= 11 is 0. The molecule has 0 aliphatic heterocycles. The predicted octanol–water partition coefficient (Wildman–Crippen LogP) is 1.08. The Bertz CT molecular complexity index is 998. The number of amides is 3. The van der Waals surface area contributed by atoms with Gasteiger partial charge in [0.05, 0.1) is 17.5 Å². The van der Waals surface area contributed by atoms with Gasteiger partial charge in [0.2, 0.25) is 11.8 Å². The van der Waals surface area contributed by atoms with E-state index in [0.29, 0.717) is 11.4 Å². The monoisotopic (exact) mass is 379 g/mol. The van der Waals surface area contributed by atoms with Crippen LogP contribution in [0.1, 0.15) is 22.6 Å². The minimum absolute atomic E-state index is 0.0379. The van der Waals surface area contributed by atoms with Crippen LogP contribution in [0.25, 0.3) is 11.0 Å². The van der Waals surface area contributed by atoms with Gasteiger partial charge in [-0.25, -0.2) is 4.98 Å². The zero-order valence-corrected chi connectivity index (χ0v) is 15.4. The van der Waals surface area contributed by atoms with Crippen LogP contribution in [0.3, 0.4) is 0 Å². The number of hydrogen-bond donors (Lipinski definition) is 3. The van der Waals surface area contributed by atoms with E-state index in [2.05, 4.69) is 21.2 Å². The molecule has 3 aromatic rings. The zero-order valence-electron chi connectivity index (χ0n) is 15.4. The number of fused-ring (bicyclic) bond motifs is 1. The molecule has 0 saturated heterocycles. The first-order chi connectivity index (χ1) is 13.5. The van der Waals surface area contributed by atoms with E-state index < -0.39 is 5.91 Å². The van der Waals surface area contributed by atoms with E-state index in [0.717, 1.165) is 11.0 Å². The molecule has 3 N–H and O–H groups in total. The van der Waals surface area contributed by atoms with Crippen molar-refractivity contribution in [3.63, 3.8) is 0 Å². The number of nitrogens with zero attached hydrogens (tertiary/aromatic N) is 2. The summed E-state index contributed by atoms with van der Waals surface area (Å²) in [6, 6.07) is 16.3. The van der Waals surface area contributed by atoms with Crippen LogP contribution in [0, 0.1) is 0 Å². The molecule has 0 spiro atoms. The van der Waals surface area contributed by atoms with Crippen molar-refractivity contribution in [2.45, 2.75) is 12.8 Å². The molecule has 3 rings (SSSR count). The summed E-state index contributed by atoms with van der Waals surface area (Å²) in [4.78, 5) is 40.2. The van der Waals surface area contributed by atoms with E-state index in [1.807, 2.05) is 41.9 Å². The van der Waals surface area contributed by atoms with Crippen molar-refractivity contribution in [2.75, 3.05) is 6.54 Å². The lowest BCUT2D eigenvalue weighted by Crippen LogP contribution is -2.43. The third-order valence-electron chi connectivity index (χ3n) is 4.21. The third-order valence-corrected chi connectivity index (χ3v) is 4.21. The fraction of sp³-hybridized carbons (Fsp3) is 0.200. The Balaban J connectivity index is 1.41. The van der Waals surface area contributed by atoms with Gasteiger partial charge in [-0.15, -0.1) is 0 Å². The molecule has 1 aromatic heterocycles. The second kappa shape index (κ2) is 8.81. The van der Waals surface area contributed by atoms with Gasteiger partial charge in [-0.1, -0.05) is 30.3 Å². The van der Waals surface area contributed by atoms with Crippen molar-refractivity contribution in [2.24, 2.45) is 7.05 Å². The van der Waals surface area contributed by atoms with Crippen LogP contribution in [0.5, 0.6) is 0 Å². The van der Waals surface area contributed by atoms with E-state index in [9.17, 15) is 14.4 Å². The lowest BCUT2D eigenvalue weighted by atomic mass is 10.2. The lowest BCUT2D eigenvalue weighted by Gasteiger charge is -2.08. The fourth-order valence-corrected chi connectivity index (χ4v) is 2.72. The predicted molar refractivity (Wildman–Crippen MR) is 104 cm³/mol. The molecule has 3 amide bonds. The number of aromatic nitrogens is 2. The van der Waals surface area contributed by atoms with Crippen molar-refractivity contribution in [3.05, 3.63) is 66.0 Å². The van der Waals surface area contributed by atoms with E-state index in [-0.39, 0.29) is 31.2 Å². The number of carbonyl (C=O) groups excluding carboxylic acids is 3. The first-order valence-electron chi connectivity index (χ1n) is 8.86. The summed E-state index contributed by atoms with van der Waals surface area (Å²) in [5.41, 5.74) is 6.98. The van der Waals surface area contributed by atoms with Crippen molar-refractivity contribution in [1.82, 2.24) is 25.7 Å². The summed E-state index contributed by atoms with van der Waals surface area (Å²) < 4.78 is 1.84. The molecule has 0 aliphatic rings. The van der Waals surface area contributed by atoms with Gasteiger partial charge in [-0.2, -0.15) is 0 Å². The standard InChI is InChI=1S/C20H21N5O3/c1-25-16-10-6-5-9-15(16)22-17(25)13-19(27)24-23-18(26)11-12-21-20(28)14-7-3-2-4-8-14/h2-10H,11-13H2,1H3,(H,21,28)(H,23,26)(H,24,27). The molecule has 0 bridgehead atoms. The molecule has 0 unspecified atom stereocenters. The number of nitrogens with one attached hydrogen (secondary N) is 3. The maximum absolute atomic E-state index is 12.1. The van der Waals surface area contributed by atoms with Crippen LogP contribution >= 0.6 is 0 Å². The van der Waals surface area contributed by atoms with Gasteiger partial charge in [0.25, 0.3) is 5.91 Å². The highest BCUT2D eigenvalue weighted by Crippen LogP contribution is 2.14. The SMILES string of the molecule is Cn1c(CC(=O)NNC(=O)CCNC(=O)c2ccccc2)nc2ccccc21. The molecule has 0 saturated carbocycles. The Labute approximate surface area is 161 Å². The second-order valence-electron chi connectivity index (χ2n) is 6.22. The van der Waals surface area contributed by atoms with E-state index >= 15 is 0 Å². The summed E-state index contributed by atoms with van der Waals surface area (Å²) in [6.07, 6.45) is 0.0847. The lowest BCUT2D eigenvalue weighted by molar-refractivity contribution is -0.128. The molecule has 0 aliphatic carbocycles. The molecule has 8 nitrogen and oxygen atoms in total. The molecule has 2 aromatic carbocycles. The molecule has 0 atom stereocenters. The number of imidazole rings is 1. The average Bonchev–Trinajstić information content (AvgIpc) is 3.02. The number of carbonyl (C=O) groups is 3. The highest BCUT2D eigenvalue weighted by atomic mass is 16.2. The van der Waals surface area contributed by atoms with Crippen LogP contribution in [-0.2, 0) is 23.1 Å². The van der Waals surface area contributed by atoms with Crippen molar-refractivity contribution < 1.29 is 14.4 Å². The summed E-state index contributed by atoms with van der Waals surface area (Å²) in [5.74, 6) is -0.422. The summed E-state index contributed by atoms with van der Waals surface area (Å²) in [7, 11) is 1.84. The molecule has 0 fully saturated rings. The van der Waals surface area contributed by atoms with Crippen LogP contribution < -0.4 is 16.2 Å². The van der Waals surface area contributed by atoms with Crippen LogP contribution in [0.15, 0.2) is 54.6 Å². The Morgan fingerprint density at radius 3 is 2.36 bits per heavy atom. The van der Waals surface area contributed by atoms with Gasteiger partial charge in [0.15, 0.2) is 0 Å². The van der Waals surface area contributed by atoms with Gasteiger partial charge < -0.3 is 9.88 Å². The quantitative estimate of drug-likeness (QED) is 0.558. The molecule has 8 heteroatoms. The van der Waals surface area contributed by atoms with Gasteiger partial charge in [0.1, 0.15) is 5.82 Å². The first-order valence-corrected chi connectivity index (χ1v) is 8.86. The van der Waals surface area contributed by atoms with Gasteiger partial charge in [-0.3, -0.25) is 25.2 Å². The third kappa shape index (κ3) is 4.73. The Kier molecular flexibility index (Phi) is 6.01. The summed E-state index contributed by atoms with van der Waals surface area (Å²) in [5, 5.41) is 2.65. The van der Waals surface area contributed by atoms with Crippen LogP contribution in [0.4, 0.5) is 0 Å². The van der Waals surface area contributed by atoms with Gasteiger partial charge >= 0.3 is 0 Å². The molecule has 28 heavy (non-hydrogen) atoms. The molecule has 1 heterocycles. The fourth-order valence-electron chi connectivity index (χ4n) is 2.72. The smallest absolute Gasteiger partial charge is 0.251 e. The van der Waals surface area contributed by atoms with Crippen molar-refractivity contribution in [1.29, 1.82) is 0 Å². The Morgan fingerprint density at radius 2 is 1.61 bits per heavy atom. The number of rotatable bonds is 6. The Morgan fingerprint density at radius 1 is 0.929 bits per heavy atom. The normalized spacial score (nSPS) is 10.5. The largest absolute Gasteiger partial charge is 0.352 e. The Hall–Kier alpha value is -3.68. The number of benzene rings is 2.